The first-order valence-corrected chi connectivity index (χ1v) is 9.78. The van der Waals surface area contributed by atoms with Gasteiger partial charge in [-0.05, 0) is 37.6 Å². The van der Waals surface area contributed by atoms with Crippen molar-refractivity contribution in [2.45, 2.75) is 32.2 Å². The van der Waals surface area contributed by atoms with Crippen LogP contribution in [0.4, 0.5) is 0 Å². The highest BCUT2D eigenvalue weighted by atomic mass is 32.1. The summed E-state index contributed by atoms with van der Waals surface area (Å²) in [5.41, 5.74) is 4.24. The van der Waals surface area contributed by atoms with Crippen LogP contribution in [0.5, 0.6) is 5.75 Å². The number of likely N-dealkylation sites (tertiary alicyclic amines) is 1. The van der Waals surface area contributed by atoms with E-state index >= 15 is 0 Å². The van der Waals surface area contributed by atoms with Crippen LogP contribution in [-0.2, 0) is 13.0 Å². The quantitative estimate of drug-likeness (QED) is 0.657. The Morgan fingerprint density at radius 1 is 1.35 bits per heavy atom. The van der Waals surface area contributed by atoms with E-state index in [4.69, 9.17) is 9.15 Å². The number of oxazole rings is 1. The highest BCUT2D eigenvalue weighted by Crippen LogP contribution is 2.29. The lowest BCUT2D eigenvalue weighted by Crippen LogP contribution is -2.19. The number of aryl methyl sites for hydroxylation is 1. The van der Waals surface area contributed by atoms with Crippen molar-refractivity contribution >= 4 is 11.3 Å². The minimum atomic E-state index is 0.377. The molecule has 0 amide bonds. The number of benzene rings is 1. The van der Waals surface area contributed by atoms with Crippen LogP contribution in [0.15, 0.2) is 40.4 Å². The number of methoxy groups -OCH3 is 1. The molecule has 1 aliphatic rings. The molecule has 0 aliphatic carbocycles. The van der Waals surface area contributed by atoms with E-state index in [2.05, 4.69) is 27.9 Å². The van der Waals surface area contributed by atoms with E-state index in [9.17, 15) is 0 Å². The van der Waals surface area contributed by atoms with E-state index in [1.54, 1.807) is 18.4 Å². The van der Waals surface area contributed by atoms with Gasteiger partial charge in [-0.15, -0.1) is 11.3 Å². The molecule has 0 N–H and O–H groups in total. The normalized spacial score (nSPS) is 17.7. The molecule has 136 valence electrons. The van der Waals surface area contributed by atoms with Gasteiger partial charge in [-0.25, -0.2) is 9.97 Å². The predicted octanol–water partition coefficient (Wildman–Crippen LogP) is 4.03. The first kappa shape index (κ1) is 17.2. The van der Waals surface area contributed by atoms with Crippen LogP contribution >= 0.6 is 11.3 Å². The van der Waals surface area contributed by atoms with Gasteiger partial charge in [0.2, 0.25) is 0 Å². The lowest BCUT2D eigenvalue weighted by Gasteiger charge is -2.14. The molecule has 1 aliphatic heterocycles. The van der Waals surface area contributed by atoms with Gasteiger partial charge in [0.05, 0.1) is 24.5 Å². The van der Waals surface area contributed by atoms with Crippen LogP contribution < -0.4 is 4.74 Å². The zero-order valence-corrected chi connectivity index (χ0v) is 16.0. The summed E-state index contributed by atoms with van der Waals surface area (Å²) in [7, 11) is 1.69. The highest BCUT2D eigenvalue weighted by molar-refractivity contribution is 7.09. The van der Waals surface area contributed by atoms with Crippen LogP contribution in [-0.4, -0.2) is 35.1 Å². The molecule has 0 saturated carbocycles. The molecule has 1 saturated heterocycles. The molecule has 0 bridgehead atoms. The fraction of sp³-hybridized carbons (Fsp3) is 0.400. The maximum absolute atomic E-state index is 6.06. The zero-order chi connectivity index (χ0) is 17.9. The predicted molar refractivity (Wildman–Crippen MR) is 102 cm³/mol. The first-order chi connectivity index (χ1) is 12.7. The van der Waals surface area contributed by atoms with Crippen LogP contribution in [0.1, 0.15) is 40.1 Å². The third-order valence-electron chi connectivity index (χ3n) is 4.92. The van der Waals surface area contributed by atoms with Crippen molar-refractivity contribution in [3.05, 3.63) is 63.8 Å². The Hall–Kier alpha value is -2.18. The summed E-state index contributed by atoms with van der Waals surface area (Å²) in [5, 5.41) is 0. The van der Waals surface area contributed by atoms with Crippen molar-refractivity contribution in [3.8, 4) is 5.75 Å². The van der Waals surface area contributed by atoms with Gasteiger partial charge in [-0.3, -0.25) is 4.90 Å². The molecule has 0 spiro atoms. The second-order valence-corrected chi connectivity index (χ2v) is 7.71. The molecule has 2 aromatic heterocycles. The fourth-order valence-corrected chi connectivity index (χ4v) is 4.25. The number of ether oxygens (including phenoxy) is 1. The third kappa shape index (κ3) is 3.81. The van der Waals surface area contributed by atoms with Gasteiger partial charge in [0.25, 0.3) is 0 Å². The molecule has 0 unspecified atom stereocenters. The van der Waals surface area contributed by atoms with Crippen molar-refractivity contribution < 1.29 is 9.15 Å². The summed E-state index contributed by atoms with van der Waals surface area (Å²) >= 11 is 1.74. The van der Waals surface area contributed by atoms with E-state index in [1.807, 2.05) is 29.9 Å². The Balaban J connectivity index is 1.38. The number of thiazole rings is 1. The number of rotatable bonds is 6. The Morgan fingerprint density at radius 2 is 2.27 bits per heavy atom. The molecule has 0 radical (unpaired) electrons. The second-order valence-electron chi connectivity index (χ2n) is 6.77. The van der Waals surface area contributed by atoms with Gasteiger partial charge in [-0.1, -0.05) is 12.1 Å². The Bertz CT molecular complexity index is 873. The van der Waals surface area contributed by atoms with E-state index in [-0.39, 0.29) is 0 Å². The summed E-state index contributed by atoms with van der Waals surface area (Å²) in [6.07, 6.45) is 3.70. The van der Waals surface area contributed by atoms with E-state index < -0.39 is 0 Å². The molecule has 3 heterocycles. The molecule has 1 atom stereocenters. The molecule has 26 heavy (non-hydrogen) atoms. The average molecular weight is 369 g/mol. The summed E-state index contributed by atoms with van der Waals surface area (Å²) in [4.78, 5) is 12.7. The van der Waals surface area contributed by atoms with Crippen molar-refractivity contribution in [1.82, 2.24) is 14.9 Å². The largest absolute Gasteiger partial charge is 0.497 e. The van der Waals surface area contributed by atoms with E-state index in [0.717, 1.165) is 55.6 Å². The number of hydrogen-bond donors (Lipinski definition) is 0. The average Bonchev–Trinajstić information content (AvgIpc) is 3.38. The Kier molecular flexibility index (Phi) is 5.04. The Morgan fingerprint density at radius 3 is 3.08 bits per heavy atom. The third-order valence-corrected chi connectivity index (χ3v) is 5.84. The monoisotopic (exact) mass is 369 g/mol. The maximum Gasteiger partial charge on any atom is 0.198 e. The zero-order valence-electron chi connectivity index (χ0n) is 15.1. The summed E-state index contributed by atoms with van der Waals surface area (Å²) in [5.74, 6) is 3.02. The van der Waals surface area contributed by atoms with Gasteiger partial charge < -0.3 is 9.15 Å². The van der Waals surface area contributed by atoms with Crippen LogP contribution in [0.25, 0.3) is 0 Å². The van der Waals surface area contributed by atoms with Gasteiger partial charge in [-0.2, -0.15) is 0 Å². The molecule has 1 aromatic carbocycles. The number of aromatic nitrogens is 2. The standard InChI is InChI=1S/C20H23N3O2S/c1-14-19(26-13-22-14)12-23-7-6-16(11-23)20-21-10-18(25-20)9-15-4-3-5-17(8-15)24-2/h3-5,8,10,13,16H,6-7,9,11-12H2,1-2H3/t16-/m0/s1. The molecule has 1 fully saturated rings. The minimum absolute atomic E-state index is 0.377. The smallest absolute Gasteiger partial charge is 0.198 e. The van der Waals surface area contributed by atoms with Crippen molar-refractivity contribution in [2.24, 2.45) is 0 Å². The molecular formula is C20H23N3O2S. The fourth-order valence-electron chi connectivity index (χ4n) is 3.44. The topological polar surface area (TPSA) is 51.4 Å². The lowest BCUT2D eigenvalue weighted by molar-refractivity contribution is 0.320. The summed E-state index contributed by atoms with van der Waals surface area (Å²) in [6.45, 7) is 5.13. The van der Waals surface area contributed by atoms with Gasteiger partial charge in [0.15, 0.2) is 5.89 Å². The van der Waals surface area contributed by atoms with Gasteiger partial charge in [0.1, 0.15) is 11.5 Å². The molecule has 4 rings (SSSR count). The number of nitrogens with zero attached hydrogens (tertiary/aromatic N) is 3. The van der Waals surface area contributed by atoms with Gasteiger partial charge >= 0.3 is 0 Å². The maximum atomic E-state index is 6.06. The number of hydrogen-bond acceptors (Lipinski definition) is 6. The van der Waals surface area contributed by atoms with Crippen molar-refractivity contribution in [1.29, 1.82) is 0 Å². The van der Waals surface area contributed by atoms with Gasteiger partial charge in [0, 0.05) is 30.3 Å². The minimum Gasteiger partial charge on any atom is -0.497 e. The molecule has 3 aromatic rings. The second kappa shape index (κ2) is 7.60. The summed E-state index contributed by atoms with van der Waals surface area (Å²) < 4.78 is 11.4. The lowest BCUT2D eigenvalue weighted by atomic mass is 10.1. The van der Waals surface area contributed by atoms with Crippen LogP contribution in [0, 0.1) is 6.92 Å². The van der Waals surface area contributed by atoms with E-state index in [1.165, 1.54) is 10.4 Å². The Labute approximate surface area is 157 Å². The molecule has 5 nitrogen and oxygen atoms in total. The molecular weight excluding hydrogens is 346 g/mol. The summed E-state index contributed by atoms with van der Waals surface area (Å²) in [6, 6.07) is 8.07. The van der Waals surface area contributed by atoms with Crippen molar-refractivity contribution in [2.75, 3.05) is 20.2 Å². The van der Waals surface area contributed by atoms with Crippen molar-refractivity contribution in [3.63, 3.8) is 0 Å². The SMILES string of the molecule is COc1cccc(Cc2cnc([C@H]3CCN(Cc4scnc4C)C3)o2)c1. The highest BCUT2D eigenvalue weighted by Gasteiger charge is 2.28. The van der Waals surface area contributed by atoms with Crippen LogP contribution in [0.2, 0.25) is 0 Å². The van der Waals surface area contributed by atoms with Crippen LogP contribution in [0.3, 0.4) is 0 Å². The first-order valence-electron chi connectivity index (χ1n) is 8.90. The molecule has 6 heteroatoms. The van der Waals surface area contributed by atoms with E-state index in [0.29, 0.717) is 5.92 Å².